The lowest BCUT2D eigenvalue weighted by molar-refractivity contribution is -0.123. The number of carbonyl (C=O) groups is 1. The van der Waals surface area contributed by atoms with Gasteiger partial charge in [0.1, 0.15) is 18.1 Å². The molecule has 0 heterocycles. The van der Waals surface area contributed by atoms with E-state index in [1.807, 2.05) is 26.0 Å². The number of aryl methyl sites for hydroxylation is 2. The predicted molar refractivity (Wildman–Crippen MR) is 115 cm³/mol. The minimum Gasteiger partial charge on any atom is -0.492 e. The molecule has 0 radical (unpaired) electrons. The fourth-order valence-corrected chi connectivity index (χ4v) is 3.60. The third kappa shape index (κ3) is 6.45. The van der Waals surface area contributed by atoms with E-state index in [9.17, 15) is 13.2 Å². The molecule has 0 saturated heterocycles. The fraction of sp³-hybridized carbons (Fsp3) is 0.350. The van der Waals surface area contributed by atoms with Crippen LogP contribution in [0.4, 0.5) is 0 Å². The number of rotatable bonds is 9. The summed E-state index contributed by atoms with van der Waals surface area (Å²) in [6, 6.07) is 9.87. The molecule has 29 heavy (non-hydrogen) atoms. The Morgan fingerprint density at radius 2 is 1.62 bits per heavy atom. The van der Waals surface area contributed by atoms with Crippen LogP contribution in [0, 0.1) is 13.8 Å². The number of sulfonamides is 1. The molecule has 0 aliphatic carbocycles. The smallest absolute Gasteiger partial charge is 0.258 e. The van der Waals surface area contributed by atoms with Gasteiger partial charge in [0, 0.05) is 18.6 Å². The highest BCUT2D eigenvalue weighted by atomic mass is 79.9. The summed E-state index contributed by atoms with van der Waals surface area (Å²) < 4.78 is 37.3. The Morgan fingerprint density at radius 1 is 1.03 bits per heavy atom. The molecule has 1 amide bonds. The van der Waals surface area contributed by atoms with Crippen LogP contribution < -0.4 is 14.8 Å². The molecule has 0 aliphatic rings. The average molecular weight is 485 g/mol. The first kappa shape index (κ1) is 23.2. The van der Waals surface area contributed by atoms with Crippen molar-refractivity contribution in [2.24, 2.45) is 0 Å². The third-order valence-corrected chi connectivity index (χ3v) is 7.16. The Kier molecular flexibility index (Phi) is 8.06. The summed E-state index contributed by atoms with van der Waals surface area (Å²) in [6.45, 7) is 4.39. The molecule has 158 valence electrons. The first-order chi connectivity index (χ1) is 13.6. The molecule has 0 spiro atoms. The van der Waals surface area contributed by atoms with Gasteiger partial charge in [-0.05, 0) is 61.4 Å². The molecule has 0 fully saturated rings. The zero-order valence-corrected chi connectivity index (χ0v) is 19.3. The van der Waals surface area contributed by atoms with Gasteiger partial charge in [-0.2, -0.15) is 0 Å². The van der Waals surface area contributed by atoms with E-state index in [1.165, 1.54) is 26.2 Å². The number of halogens is 1. The van der Waals surface area contributed by atoms with Crippen LogP contribution in [0.15, 0.2) is 45.8 Å². The summed E-state index contributed by atoms with van der Waals surface area (Å²) >= 11 is 3.49. The van der Waals surface area contributed by atoms with Gasteiger partial charge in [0.25, 0.3) is 5.91 Å². The highest BCUT2D eigenvalue weighted by Gasteiger charge is 2.16. The van der Waals surface area contributed by atoms with E-state index in [0.717, 1.165) is 19.9 Å². The van der Waals surface area contributed by atoms with E-state index in [4.69, 9.17) is 9.47 Å². The summed E-state index contributed by atoms with van der Waals surface area (Å²) in [6.07, 6.45) is 0. The van der Waals surface area contributed by atoms with E-state index in [-0.39, 0.29) is 24.0 Å². The Bertz CT molecular complexity index is 936. The van der Waals surface area contributed by atoms with Crippen LogP contribution in [-0.4, -0.2) is 52.5 Å². The molecule has 0 aliphatic heterocycles. The van der Waals surface area contributed by atoms with Crippen molar-refractivity contribution in [3.8, 4) is 11.5 Å². The van der Waals surface area contributed by atoms with Gasteiger partial charge in [-0.25, -0.2) is 12.7 Å². The number of amides is 1. The summed E-state index contributed by atoms with van der Waals surface area (Å²) in [7, 11) is -0.508. The zero-order valence-electron chi connectivity index (χ0n) is 16.9. The fourth-order valence-electron chi connectivity index (χ4n) is 2.47. The minimum absolute atomic E-state index is 0.0857. The van der Waals surface area contributed by atoms with Gasteiger partial charge in [0.05, 0.1) is 11.4 Å². The van der Waals surface area contributed by atoms with Crippen LogP contribution in [-0.2, 0) is 14.8 Å². The van der Waals surface area contributed by atoms with E-state index >= 15 is 0 Å². The molecule has 0 unspecified atom stereocenters. The van der Waals surface area contributed by atoms with Crippen molar-refractivity contribution in [3.05, 3.63) is 52.0 Å². The van der Waals surface area contributed by atoms with E-state index in [1.54, 1.807) is 12.1 Å². The van der Waals surface area contributed by atoms with Crippen molar-refractivity contribution in [3.63, 3.8) is 0 Å². The van der Waals surface area contributed by atoms with Crippen molar-refractivity contribution in [1.29, 1.82) is 0 Å². The maximum atomic E-state index is 12.0. The van der Waals surface area contributed by atoms with Crippen molar-refractivity contribution in [2.45, 2.75) is 18.7 Å². The number of hydrogen-bond acceptors (Lipinski definition) is 5. The molecule has 0 aromatic heterocycles. The monoisotopic (exact) mass is 484 g/mol. The van der Waals surface area contributed by atoms with Crippen LogP contribution >= 0.6 is 15.9 Å². The van der Waals surface area contributed by atoms with Gasteiger partial charge in [-0.15, -0.1) is 0 Å². The molecule has 9 heteroatoms. The quantitative estimate of drug-likeness (QED) is 0.553. The SMILES string of the molecule is Cc1cc(OCC(=O)NCCOc2ccc(S(=O)(=O)N(C)C)cc2)cc(C)c1Br. The Morgan fingerprint density at radius 3 is 2.17 bits per heavy atom. The Hall–Kier alpha value is -2.10. The van der Waals surface area contributed by atoms with Crippen LogP contribution in [0.2, 0.25) is 0 Å². The standard InChI is InChI=1S/C20H25BrN2O5S/c1-14-11-17(12-15(2)20(14)21)28-13-19(24)22-9-10-27-16-5-7-18(8-6-16)29(25,26)23(3)4/h5-8,11-12H,9-10,13H2,1-4H3,(H,22,24). The molecular formula is C20H25BrN2O5S. The topological polar surface area (TPSA) is 84.9 Å². The highest BCUT2D eigenvalue weighted by Crippen LogP contribution is 2.26. The van der Waals surface area contributed by atoms with Gasteiger partial charge in [0.15, 0.2) is 6.61 Å². The van der Waals surface area contributed by atoms with Crippen LogP contribution in [0.3, 0.4) is 0 Å². The third-order valence-electron chi connectivity index (χ3n) is 4.08. The molecule has 2 aromatic carbocycles. The lowest BCUT2D eigenvalue weighted by atomic mass is 10.1. The molecule has 0 bridgehead atoms. The van der Waals surface area contributed by atoms with Gasteiger partial charge in [0.2, 0.25) is 10.0 Å². The van der Waals surface area contributed by atoms with Gasteiger partial charge < -0.3 is 14.8 Å². The van der Waals surface area contributed by atoms with E-state index in [0.29, 0.717) is 18.0 Å². The first-order valence-electron chi connectivity index (χ1n) is 8.93. The Balaban J connectivity index is 1.74. The highest BCUT2D eigenvalue weighted by molar-refractivity contribution is 9.10. The Labute approximate surface area is 180 Å². The van der Waals surface area contributed by atoms with Crippen LogP contribution in [0.1, 0.15) is 11.1 Å². The zero-order chi connectivity index (χ0) is 21.6. The number of ether oxygens (including phenoxy) is 2. The second-order valence-corrected chi connectivity index (χ2v) is 9.56. The molecule has 7 nitrogen and oxygen atoms in total. The maximum Gasteiger partial charge on any atom is 0.258 e. The molecule has 2 aromatic rings. The van der Waals surface area contributed by atoms with Crippen molar-refractivity contribution < 1.29 is 22.7 Å². The largest absolute Gasteiger partial charge is 0.492 e. The normalized spacial score (nSPS) is 11.4. The van der Waals surface area contributed by atoms with E-state index in [2.05, 4.69) is 21.2 Å². The second-order valence-electron chi connectivity index (χ2n) is 6.62. The molecular weight excluding hydrogens is 460 g/mol. The number of carbonyl (C=O) groups excluding carboxylic acids is 1. The summed E-state index contributed by atoms with van der Waals surface area (Å²) in [5.41, 5.74) is 2.08. The lowest BCUT2D eigenvalue weighted by Crippen LogP contribution is -2.32. The lowest BCUT2D eigenvalue weighted by Gasteiger charge is -2.12. The number of nitrogens with one attached hydrogen (secondary N) is 1. The molecule has 2 rings (SSSR count). The van der Waals surface area contributed by atoms with Crippen LogP contribution in [0.25, 0.3) is 0 Å². The van der Waals surface area contributed by atoms with Gasteiger partial charge in [-0.3, -0.25) is 4.79 Å². The van der Waals surface area contributed by atoms with Gasteiger partial charge >= 0.3 is 0 Å². The summed E-state index contributed by atoms with van der Waals surface area (Å²) in [5.74, 6) is 0.913. The van der Waals surface area contributed by atoms with E-state index < -0.39 is 10.0 Å². The maximum absolute atomic E-state index is 12.0. The van der Waals surface area contributed by atoms with Crippen molar-refractivity contribution >= 4 is 31.9 Å². The molecule has 0 saturated carbocycles. The molecule has 1 N–H and O–H groups in total. The average Bonchev–Trinajstić information content (AvgIpc) is 2.68. The summed E-state index contributed by atoms with van der Waals surface area (Å²) in [4.78, 5) is 12.1. The second kappa shape index (κ2) is 10.1. The minimum atomic E-state index is -3.46. The predicted octanol–water partition coefficient (Wildman–Crippen LogP) is 2.89. The first-order valence-corrected chi connectivity index (χ1v) is 11.2. The number of benzene rings is 2. The number of nitrogens with zero attached hydrogens (tertiary/aromatic N) is 1. The van der Waals surface area contributed by atoms with Crippen LogP contribution in [0.5, 0.6) is 11.5 Å². The van der Waals surface area contributed by atoms with Crippen molar-refractivity contribution in [2.75, 3.05) is 33.9 Å². The summed E-state index contributed by atoms with van der Waals surface area (Å²) in [5, 5.41) is 2.71. The van der Waals surface area contributed by atoms with Crippen molar-refractivity contribution in [1.82, 2.24) is 9.62 Å². The number of hydrogen-bond donors (Lipinski definition) is 1. The molecule has 0 atom stereocenters. The van der Waals surface area contributed by atoms with Gasteiger partial charge in [-0.1, -0.05) is 15.9 Å².